The van der Waals surface area contributed by atoms with Crippen LogP contribution in [0.3, 0.4) is 0 Å². The molecule has 156 valence electrons. The fraction of sp³-hybridized carbons (Fsp3) is 0.174. The lowest BCUT2D eigenvalue weighted by Crippen LogP contribution is -2.23. The number of hydrogen-bond donors (Lipinski definition) is 0. The fourth-order valence-corrected chi connectivity index (χ4v) is 5.56. The minimum atomic E-state index is -0.0501. The zero-order valence-electron chi connectivity index (χ0n) is 17.0. The quantitative estimate of drug-likeness (QED) is 0.311. The van der Waals surface area contributed by atoms with E-state index in [2.05, 4.69) is 42.2 Å². The lowest BCUT2D eigenvalue weighted by atomic mass is 10.1. The first-order valence-electron chi connectivity index (χ1n) is 9.80. The highest BCUT2D eigenvalue weighted by molar-refractivity contribution is 7.98. The normalized spacial score (nSPS) is 11.6. The average molecular weight is 467 g/mol. The van der Waals surface area contributed by atoms with Gasteiger partial charge in [0.25, 0.3) is 5.56 Å². The number of halogens is 1. The molecule has 0 unspecified atom stereocenters. The van der Waals surface area contributed by atoms with Gasteiger partial charge >= 0.3 is 0 Å². The van der Waals surface area contributed by atoms with Crippen molar-refractivity contribution in [2.45, 2.75) is 31.3 Å². The van der Waals surface area contributed by atoms with Gasteiger partial charge in [0.2, 0.25) is 5.78 Å². The van der Waals surface area contributed by atoms with E-state index < -0.39 is 0 Å². The second-order valence-corrected chi connectivity index (χ2v) is 9.78. The monoisotopic (exact) mass is 466 g/mol. The van der Waals surface area contributed by atoms with Crippen molar-refractivity contribution in [2.75, 3.05) is 0 Å². The third-order valence-electron chi connectivity index (χ3n) is 5.30. The molecule has 0 aliphatic rings. The summed E-state index contributed by atoms with van der Waals surface area (Å²) in [5.74, 6) is 1.34. The van der Waals surface area contributed by atoms with E-state index in [9.17, 15) is 4.79 Å². The Balaban J connectivity index is 1.60. The average Bonchev–Trinajstić information content (AvgIpc) is 3.40. The molecule has 8 heteroatoms. The molecule has 0 aliphatic carbocycles. The molecule has 0 spiro atoms. The number of hydrogen-bond acceptors (Lipinski definition) is 5. The van der Waals surface area contributed by atoms with Crippen LogP contribution in [0.5, 0.6) is 0 Å². The van der Waals surface area contributed by atoms with Gasteiger partial charge in [-0.1, -0.05) is 59.3 Å². The van der Waals surface area contributed by atoms with E-state index in [-0.39, 0.29) is 5.56 Å². The molecule has 3 aromatic heterocycles. The zero-order chi connectivity index (χ0) is 21.5. The Morgan fingerprint density at radius 3 is 2.68 bits per heavy atom. The van der Waals surface area contributed by atoms with E-state index in [4.69, 9.17) is 11.6 Å². The molecule has 0 radical (unpaired) electrons. The van der Waals surface area contributed by atoms with Crippen LogP contribution in [0, 0.1) is 13.8 Å². The number of rotatable bonds is 5. The van der Waals surface area contributed by atoms with Crippen LogP contribution in [0.2, 0.25) is 5.02 Å². The highest BCUT2D eigenvalue weighted by Crippen LogP contribution is 2.28. The molecule has 0 saturated carbocycles. The minimum absolute atomic E-state index is 0.0501. The summed E-state index contributed by atoms with van der Waals surface area (Å²) in [6.45, 7) is 4.63. The summed E-state index contributed by atoms with van der Waals surface area (Å²) >= 11 is 9.10. The highest BCUT2D eigenvalue weighted by Gasteiger charge is 2.18. The molecule has 5 aromatic rings. The number of aryl methyl sites for hydroxylation is 2. The van der Waals surface area contributed by atoms with Crippen molar-refractivity contribution in [1.29, 1.82) is 0 Å². The van der Waals surface area contributed by atoms with Crippen molar-refractivity contribution in [1.82, 2.24) is 19.2 Å². The maximum absolute atomic E-state index is 13.2. The first kappa shape index (κ1) is 20.3. The number of nitrogens with zero attached hydrogens (tertiary/aromatic N) is 4. The lowest BCUT2D eigenvalue weighted by molar-refractivity contribution is 0.765. The predicted octanol–water partition coefficient (Wildman–Crippen LogP) is 5.72. The number of benzene rings is 2. The van der Waals surface area contributed by atoms with Crippen molar-refractivity contribution in [3.05, 3.63) is 91.5 Å². The van der Waals surface area contributed by atoms with Gasteiger partial charge in [-0.15, -0.1) is 21.5 Å². The van der Waals surface area contributed by atoms with E-state index in [0.29, 0.717) is 22.0 Å². The van der Waals surface area contributed by atoms with Crippen LogP contribution in [-0.4, -0.2) is 19.2 Å². The van der Waals surface area contributed by atoms with Crippen LogP contribution in [-0.2, 0) is 12.3 Å². The van der Waals surface area contributed by atoms with Crippen molar-refractivity contribution < 1.29 is 0 Å². The van der Waals surface area contributed by atoms with Gasteiger partial charge in [0, 0.05) is 10.8 Å². The molecule has 0 amide bonds. The Morgan fingerprint density at radius 2 is 1.87 bits per heavy atom. The van der Waals surface area contributed by atoms with Crippen molar-refractivity contribution in [3.8, 4) is 0 Å². The van der Waals surface area contributed by atoms with E-state index in [1.807, 2.05) is 40.1 Å². The van der Waals surface area contributed by atoms with Crippen LogP contribution in [0.4, 0.5) is 0 Å². The molecule has 5 nitrogen and oxygen atoms in total. The van der Waals surface area contributed by atoms with E-state index in [0.717, 1.165) is 22.0 Å². The number of fused-ring (bicyclic) bond motifs is 3. The molecular weight excluding hydrogens is 448 g/mol. The third kappa shape index (κ3) is 3.78. The molecule has 31 heavy (non-hydrogen) atoms. The van der Waals surface area contributed by atoms with Crippen LogP contribution in [0.1, 0.15) is 22.3 Å². The minimum Gasteiger partial charge on any atom is -0.271 e. The Bertz CT molecular complexity index is 1470. The molecule has 3 heterocycles. The van der Waals surface area contributed by atoms with Gasteiger partial charge in [0.15, 0.2) is 5.16 Å². The lowest BCUT2D eigenvalue weighted by Gasteiger charge is -2.10. The Kier molecular flexibility index (Phi) is 5.33. The van der Waals surface area contributed by atoms with Crippen LogP contribution >= 0.6 is 34.7 Å². The number of thioether (sulfide) groups is 1. The maximum atomic E-state index is 13.2. The molecule has 0 aliphatic heterocycles. The molecule has 5 rings (SSSR count). The van der Waals surface area contributed by atoms with Crippen molar-refractivity contribution in [3.63, 3.8) is 0 Å². The highest BCUT2D eigenvalue weighted by atomic mass is 35.5. The van der Waals surface area contributed by atoms with E-state index >= 15 is 0 Å². The Hall–Kier alpha value is -2.61. The summed E-state index contributed by atoms with van der Waals surface area (Å²) in [5.41, 5.74) is 5.56. The smallest absolute Gasteiger partial charge is 0.271 e. The molecular formula is C23H19ClN4OS2. The summed E-state index contributed by atoms with van der Waals surface area (Å²) in [7, 11) is 0. The van der Waals surface area contributed by atoms with Gasteiger partial charge in [0.1, 0.15) is 4.70 Å². The second-order valence-electron chi connectivity index (χ2n) is 7.49. The topological polar surface area (TPSA) is 52.2 Å². The second kappa shape index (κ2) is 8.15. The first-order chi connectivity index (χ1) is 15.0. The largest absolute Gasteiger partial charge is 0.273 e. The van der Waals surface area contributed by atoms with Crippen LogP contribution in [0.25, 0.3) is 16.0 Å². The Morgan fingerprint density at radius 1 is 1.06 bits per heavy atom. The van der Waals surface area contributed by atoms with Gasteiger partial charge in [-0.25, -0.2) is 0 Å². The molecule has 0 saturated heterocycles. The number of aromatic nitrogens is 4. The predicted molar refractivity (Wildman–Crippen MR) is 129 cm³/mol. The summed E-state index contributed by atoms with van der Waals surface area (Å²) in [6, 6.07) is 16.0. The van der Waals surface area contributed by atoms with E-state index in [1.165, 1.54) is 28.0 Å². The Labute approximate surface area is 192 Å². The molecule has 0 bridgehead atoms. The maximum Gasteiger partial charge on any atom is 0.273 e. The fourth-order valence-electron chi connectivity index (χ4n) is 3.61. The van der Waals surface area contributed by atoms with Crippen molar-refractivity contribution in [2.24, 2.45) is 0 Å². The first-order valence-corrected chi connectivity index (χ1v) is 12.0. The molecule has 0 N–H and O–H groups in total. The standard InChI is InChI=1S/C23H19ClN4OS2/c1-14-3-4-15(2)17(11-14)13-31-23-26-25-22-27(12-16-5-7-18(24)8-6-16)21(29)20-19(28(22)23)9-10-30-20/h3-11H,12-13H2,1-2H3. The third-order valence-corrected chi connectivity index (χ3v) is 7.42. The SMILES string of the molecule is Cc1ccc(C)c(CSc2nnc3n(Cc4ccc(Cl)cc4)c(=O)c4sccc4n23)c1. The van der Waals surface area contributed by atoms with Gasteiger partial charge in [-0.05, 0) is 54.1 Å². The molecule has 2 aromatic carbocycles. The summed E-state index contributed by atoms with van der Waals surface area (Å²) in [4.78, 5) is 13.2. The molecule has 0 atom stereocenters. The van der Waals surface area contributed by atoms with E-state index in [1.54, 1.807) is 16.3 Å². The van der Waals surface area contributed by atoms with Crippen LogP contribution < -0.4 is 5.56 Å². The van der Waals surface area contributed by atoms with Gasteiger partial charge in [-0.3, -0.25) is 13.8 Å². The molecule has 0 fully saturated rings. The van der Waals surface area contributed by atoms with Gasteiger partial charge in [0.05, 0.1) is 12.1 Å². The van der Waals surface area contributed by atoms with Crippen LogP contribution in [0.15, 0.2) is 63.9 Å². The summed E-state index contributed by atoms with van der Waals surface area (Å²) in [5, 5.41) is 12.3. The van der Waals surface area contributed by atoms with Gasteiger partial charge < -0.3 is 0 Å². The number of thiophene rings is 1. The summed E-state index contributed by atoms with van der Waals surface area (Å²) < 4.78 is 4.39. The van der Waals surface area contributed by atoms with Gasteiger partial charge in [-0.2, -0.15) is 0 Å². The zero-order valence-corrected chi connectivity index (χ0v) is 19.4. The van der Waals surface area contributed by atoms with Crippen molar-refractivity contribution >= 4 is 50.7 Å². The summed E-state index contributed by atoms with van der Waals surface area (Å²) in [6.07, 6.45) is 0.